The minimum atomic E-state index is -1.03. The molecular formula is C12H11ClN2O2S. The number of nitrogens with zero attached hydrogens (tertiary/aromatic N) is 1. The first-order valence-corrected chi connectivity index (χ1v) is 6.52. The molecule has 1 unspecified atom stereocenters. The summed E-state index contributed by atoms with van der Waals surface area (Å²) < 4.78 is 0. The average Bonchev–Trinajstić information content (AvgIpc) is 2.78. The van der Waals surface area contributed by atoms with Crippen LogP contribution >= 0.6 is 22.9 Å². The third-order valence-corrected chi connectivity index (χ3v) is 3.50. The number of aromatic carboxylic acids is 1. The maximum atomic E-state index is 10.9. The smallest absolute Gasteiger partial charge is 0.357 e. The van der Waals surface area contributed by atoms with Gasteiger partial charge in [-0.1, -0.05) is 23.7 Å². The lowest BCUT2D eigenvalue weighted by Gasteiger charge is -2.14. The summed E-state index contributed by atoms with van der Waals surface area (Å²) in [5.41, 5.74) is 2.60. The van der Waals surface area contributed by atoms with Gasteiger partial charge in [0.15, 0.2) is 5.69 Å². The minimum absolute atomic E-state index is 0.0131. The lowest BCUT2D eigenvalue weighted by molar-refractivity contribution is 0.0692. The summed E-state index contributed by atoms with van der Waals surface area (Å²) in [5, 5.41) is 13.3. The fraction of sp³-hybridized carbons (Fsp3) is 0.167. The highest BCUT2D eigenvalue weighted by molar-refractivity contribution is 7.14. The highest BCUT2D eigenvalue weighted by atomic mass is 35.5. The van der Waals surface area contributed by atoms with Crippen LogP contribution in [0.1, 0.15) is 29.0 Å². The number of thiazole rings is 1. The largest absolute Gasteiger partial charge is 0.476 e. The number of hydrogen-bond acceptors (Lipinski definition) is 4. The van der Waals surface area contributed by atoms with Crippen LogP contribution in [-0.4, -0.2) is 16.1 Å². The number of nitrogens with one attached hydrogen (secondary N) is 1. The topological polar surface area (TPSA) is 62.2 Å². The summed E-state index contributed by atoms with van der Waals surface area (Å²) in [5.74, 6) is -1.03. The van der Waals surface area contributed by atoms with Crippen LogP contribution < -0.4 is 5.32 Å². The van der Waals surface area contributed by atoms with Crippen molar-refractivity contribution < 1.29 is 9.90 Å². The van der Waals surface area contributed by atoms with E-state index < -0.39 is 5.97 Å². The lowest BCUT2D eigenvalue weighted by Crippen LogP contribution is -2.09. The molecule has 0 spiro atoms. The van der Waals surface area contributed by atoms with Gasteiger partial charge < -0.3 is 10.4 Å². The van der Waals surface area contributed by atoms with Crippen molar-refractivity contribution in [2.45, 2.75) is 13.0 Å². The number of rotatable bonds is 4. The minimum Gasteiger partial charge on any atom is -0.476 e. The Morgan fingerprint density at radius 2 is 2.11 bits per heavy atom. The first kappa shape index (κ1) is 12.9. The van der Waals surface area contributed by atoms with Gasteiger partial charge in [-0.25, -0.2) is 9.78 Å². The Morgan fingerprint density at radius 3 is 2.72 bits per heavy atom. The zero-order chi connectivity index (χ0) is 13.1. The van der Waals surface area contributed by atoms with E-state index in [2.05, 4.69) is 10.3 Å². The molecule has 0 aliphatic carbocycles. The molecule has 1 heterocycles. The molecule has 2 N–H and O–H groups in total. The molecule has 0 fully saturated rings. The van der Waals surface area contributed by atoms with E-state index in [1.54, 1.807) is 12.1 Å². The summed E-state index contributed by atoms with van der Waals surface area (Å²) >= 11 is 7.09. The predicted octanol–water partition coefficient (Wildman–Crippen LogP) is 3.67. The number of anilines is 1. The molecule has 0 saturated carbocycles. The summed E-state index contributed by atoms with van der Waals surface area (Å²) in [4.78, 5) is 14.7. The molecule has 18 heavy (non-hydrogen) atoms. The monoisotopic (exact) mass is 282 g/mol. The van der Waals surface area contributed by atoms with Crippen LogP contribution in [0.5, 0.6) is 0 Å². The molecule has 0 saturated heterocycles. The summed E-state index contributed by atoms with van der Waals surface area (Å²) in [7, 11) is 0. The number of carboxylic acids is 1. The molecule has 2 rings (SSSR count). The summed E-state index contributed by atoms with van der Waals surface area (Å²) in [6, 6.07) is 7.41. The van der Waals surface area contributed by atoms with E-state index in [0.29, 0.717) is 10.0 Å². The van der Waals surface area contributed by atoms with Crippen molar-refractivity contribution >= 4 is 33.9 Å². The number of carboxylic acid groups (broad SMARTS) is 1. The van der Waals surface area contributed by atoms with Gasteiger partial charge in [0, 0.05) is 11.1 Å². The fourth-order valence-electron chi connectivity index (χ4n) is 1.53. The maximum absolute atomic E-state index is 10.9. The van der Waals surface area contributed by atoms with Gasteiger partial charge in [-0.15, -0.1) is 11.3 Å². The molecule has 0 aliphatic rings. The normalized spacial score (nSPS) is 12.1. The molecular weight excluding hydrogens is 272 g/mol. The highest BCUT2D eigenvalue weighted by Crippen LogP contribution is 2.26. The molecule has 0 amide bonds. The van der Waals surface area contributed by atoms with Crippen LogP contribution in [0.3, 0.4) is 0 Å². The third kappa shape index (κ3) is 2.80. The maximum Gasteiger partial charge on any atom is 0.357 e. The van der Waals surface area contributed by atoms with Crippen molar-refractivity contribution in [1.29, 1.82) is 0 Å². The Hall–Kier alpha value is -1.59. The molecule has 1 aromatic heterocycles. The highest BCUT2D eigenvalue weighted by Gasteiger charge is 2.15. The molecule has 2 aromatic rings. The second-order valence-corrected chi connectivity index (χ2v) is 5.04. The molecule has 0 aliphatic heterocycles. The van der Waals surface area contributed by atoms with Gasteiger partial charge in [-0.2, -0.15) is 0 Å². The molecule has 6 heteroatoms. The van der Waals surface area contributed by atoms with Crippen molar-refractivity contribution in [3.05, 3.63) is 46.1 Å². The quantitative estimate of drug-likeness (QED) is 0.898. The zero-order valence-corrected chi connectivity index (χ0v) is 11.1. The predicted molar refractivity (Wildman–Crippen MR) is 72.6 cm³/mol. The van der Waals surface area contributed by atoms with Crippen LogP contribution in [0.25, 0.3) is 0 Å². The van der Waals surface area contributed by atoms with Crippen LogP contribution in [0, 0.1) is 0 Å². The molecule has 0 radical (unpaired) electrons. The van der Waals surface area contributed by atoms with E-state index >= 15 is 0 Å². The van der Waals surface area contributed by atoms with E-state index in [0.717, 1.165) is 5.56 Å². The second kappa shape index (κ2) is 5.37. The van der Waals surface area contributed by atoms with E-state index in [-0.39, 0.29) is 11.7 Å². The van der Waals surface area contributed by atoms with Gasteiger partial charge in [0.25, 0.3) is 0 Å². The number of carbonyl (C=O) groups is 1. The molecule has 1 atom stereocenters. The molecule has 94 valence electrons. The second-order valence-electron chi connectivity index (χ2n) is 3.75. The first-order chi connectivity index (χ1) is 8.58. The van der Waals surface area contributed by atoms with Gasteiger partial charge in [0.1, 0.15) is 5.00 Å². The van der Waals surface area contributed by atoms with Crippen molar-refractivity contribution in [1.82, 2.24) is 4.98 Å². The number of halogens is 1. The van der Waals surface area contributed by atoms with Crippen LogP contribution in [0.2, 0.25) is 5.02 Å². The van der Waals surface area contributed by atoms with Gasteiger partial charge in [0.05, 0.1) is 5.51 Å². The Balaban J connectivity index is 2.16. The third-order valence-electron chi connectivity index (χ3n) is 2.49. The average molecular weight is 283 g/mol. The first-order valence-electron chi connectivity index (χ1n) is 5.26. The number of benzene rings is 1. The Bertz CT molecular complexity index is 553. The van der Waals surface area contributed by atoms with Gasteiger partial charge in [0.2, 0.25) is 0 Å². The Kier molecular flexibility index (Phi) is 3.84. The van der Waals surface area contributed by atoms with Crippen LogP contribution in [0.15, 0.2) is 29.8 Å². The van der Waals surface area contributed by atoms with Crippen molar-refractivity contribution in [2.24, 2.45) is 0 Å². The van der Waals surface area contributed by atoms with Crippen LogP contribution in [0.4, 0.5) is 5.00 Å². The van der Waals surface area contributed by atoms with E-state index in [1.165, 1.54) is 16.8 Å². The number of aromatic nitrogens is 1. The lowest BCUT2D eigenvalue weighted by atomic mass is 10.1. The van der Waals surface area contributed by atoms with E-state index in [9.17, 15) is 4.79 Å². The number of hydrogen-bond donors (Lipinski definition) is 2. The summed E-state index contributed by atoms with van der Waals surface area (Å²) in [6.45, 7) is 1.95. The van der Waals surface area contributed by atoms with Crippen molar-refractivity contribution in [3.63, 3.8) is 0 Å². The van der Waals surface area contributed by atoms with E-state index in [1.807, 2.05) is 19.1 Å². The fourth-order valence-corrected chi connectivity index (χ4v) is 2.42. The van der Waals surface area contributed by atoms with Crippen molar-refractivity contribution in [3.8, 4) is 0 Å². The van der Waals surface area contributed by atoms with E-state index in [4.69, 9.17) is 16.7 Å². The molecule has 1 aromatic carbocycles. The van der Waals surface area contributed by atoms with Crippen LogP contribution in [-0.2, 0) is 0 Å². The standard InChI is InChI=1S/C12H11ClN2O2S/c1-7(8-2-4-9(13)5-3-8)15-11-10(12(16)17)14-6-18-11/h2-7,15H,1H3,(H,16,17). The molecule has 4 nitrogen and oxygen atoms in total. The SMILES string of the molecule is CC(Nc1scnc1C(=O)O)c1ccc(Cl)cc1. The Labute approximate surface area is 113 Å². The van der Waals surface area contributed by atoms with Gasteiger partial charge in [-0.3, -0.25) is 0 Å². The van der Waals surface area contributed by atoms with Gasteiger partial charge in [-0.05, 0) is 24.6 Å². The van der Waals surface area contributed by atoms with Gasteiger partial charge >= 0.3 is 5.97 Å². The van der Waals surface area contributed by atoms with Crippen molar-refractivity contribution in [2.75, 3.05) is 5.32 Å². The molecule has 0 bridgehead atoms. The summed E-state index contributed by atoms with van der Waals surface area (Å²) in [6.07, 6.45) is 0. The Morgan fingerprint density at radius 1 is 1.44 bits per heavy atom. The zero-order valence-electron chi connectivity index (χ0n) is 9.55.